The van der Waals surface area contributed by atoms with E-state index in [1.807, 2.05) is 0 Å². The molecule has 9 aromatic carbocycles. The Bertz CT molecular complexity index is 3110. The van der Waals surface area contributed by atoms with Crippen LogP contribution in [0.5, 0.6) is 0 Å². The predicted octanol–water partition coefficient (Wildman–Crippen LogP) is 10.9. The predicted molar refractivity (Wildman–Crippen MR) is 244 cm³/mol. The molecule has 0 bridgehead atoms. The third-order valence-electron chi connectivity index (χ3n) is 11.9. The molecule has 0 unspecified atom stereocenters. The fraction of sp³-hybridized carbons (Fsp3) is 0. The van der Waals surface area contributed by atoms with Gasteiger partial charge < -0.3 is 9.13 Å². The SMILES string of the molecule is c1ccc(-c2ccc3c(c2)c2cc([Si](c4ccccc4)(c4ccccc4)c4ccccc4)ccc2n3-c2cccc3c2c2ccccc2n3-c2ccccc2)cc1. The number of nitrogens with zero attached hydrogens (tertiary/aromatic N) is 2. The number of rotatable bonds is 7. The molecule has 2 heterocycles. The quantitative estimate of drug-likeness (QED) is 0.114. The van der Waals surface area contributed by atoms with Crippen molar-refractivity contribution < 1.29 is 0 Å². The number of benzene rings is 9. The van der Waals surface area contributed by atoms with E-state index in [1.54, 1.807) is 0 Å². The zero-order chi connectivity index (χ0) is 37.8. The summed E-state index contributed by atoms with van der Waals surface area (Å²) >= 11 is 0. The molecule has 0 aliphatic rings. The standard InChI is InChI=1S/C54H38N2Si/c1-6-19-39(20-7-1)40-33-35-50-47(37-40)48-38-45(57(42-23-10-3-11-24-42,43-25-12-4-13-26-43)44-27-14-5-15-28-44)34-36-51(48)56(50)53-32-18-31-52-54(53)46-29-16-17-30-49(46)55(52)41-21-8-2-9-22-41/h1-38H. The van der Waals surface area contributed by atoms with E-state index in [-0.39, 0.29) is 0 Å². The maximum atomic E-state index is 2.54. The fourth-order valence-corrected chi connectivity index (χ4v) is 14.2. The van der Waals surface area contributed by atoms with Gasteiger partial charge in [0.05, 0.1) is 27.8 Å². The molecule has 0 amide bonds. The summed E-state index contributed by atoms with van der Waals surface area (Å²) in [4.78, 5) is 0. The van der Waals surface area contributed by atoms with Crippen molar-refractivity contribution in [2.75, 3.05) is 0 Å². The van der Waals surface area contributed by atoms with Gasteiger partial charge in [0.2, 0.25) is 0 Å². The van der Waals surface area contributed by atoms with Crippen LogP contribution in [0.1, 0.15) is 0 Å². The van der Waals surface area contributed by atoms with Gasteiger partial charge in [0, 0.05) is 27.2 Å². The second-order valence-corrected chi connectivity index (χ2v) is 18.7. The van der Waals surface area contributed by atoms with Crippen LogP contribution in [0.2, 0.25) is 0 Å². The lowest BCUT2D eigenvalue weighted by Gasteiger charge is -2.34. The highest BCUT2D eigenvalue weighted by Gasteiger charge is 2.41. The Hall–Kier alpha value is -7.20. The first-order valence-corrected chi connectivity index (χ1v) is 21.7. The normalized spacial score (nSPS) is 11.9. The molecule has 11 aromatic rings. The molecule has 11 rings (SSSR count). The molecule has 57 heavy (non-hydrogen) atoms. The van der Waals surface area contributed by atoms with Crippen LogP contribution in [0.25, 0.3) is 66.1 Å². The molecule has 0 saturated heterocycles. The Balaban J connectivity index is 1.26. The van der Waals surface area contributed by atoms with Crippen molar-refractivity contribution in [1.82, 2.24) is 9.13 Å². The van der Waals surface area contributed by atoms with Gasteiger partial charge in [-0.3, -0.25) is 0 Å². The minimum atomic E-state index is -2.78. The third-order valence-corrected chi connectivity index (χ3v) is 16.6. The van der Waals surface area contributed by atoms with Gasteiger partial charge in [-0.2, -0.15) is 0 Å². The molecule has 268 valence electrons. The second kappa shape index (κ2) is 13.5. The van der Waals surface area contributed by atoms with Gasteiger partial charge in [-0.1, -0.05) is 182 Å². The Morgan fingerprint density at radius 3 is 1.40 bits per heavy atom. The van der Waals surface area contributed by atoms with Crippen LogP contribution in [-0.4, -0.2) is 17.2 Å². The Kier molecular flexibility index (Phi) is 7.87. The van der Waals surface area contributed by atoms with E-state index in [2.05, 4.69) is 240 Å². The van der Waals surface area contributed by atoms with Crippen molar-refractivity contribution in [2.45, 2.75) is 0 Å². The molecule has 0 N–H and O–H groups in total. The number of hydrogen-bond acceptors (Lipinski definition) is 0. The molecule has 2 aromatic heterocycles. The first kappa shape index (κ1) is 33.2. The van der Waals surface area contributed by atoms with Crippen LogP contribution in [-0.2, 0) is 0 Å². The van der Waals surface area contributed by atoms with Gasteiger partial charge in [0.25, 0.3) is 0 Å². The van der Waals surface area contributed by atoms with Gasteiger partial charge in [-0.05, 0) is 80.4 Å². The average molecular weight is 743 g/mol. The lowest BCUT2D eigenvalue weighted by atomic mass is 10.0. The Morgan fingerprint density at radius 2 is 0.772 bits per heavy atom. The number of fused-ring (bicyclic) bond motifs is 6. The van der Waals surface area contributed by atoms with Crippen molar-refractivity contribution in [3.05, 3.63) is 231 Å². The first-order chi connectivity index (χ1) is 28.3. The van der Waals surface area contributed by atoms with Gasteiger partial charge in [-0.25, -0.2) is 0 Å². The smallest absolute Gasteiger partial charge is 0.179 e. The lowest BCUT2D eigenvalue weighted by molar-refractivity contribution is 1.17. The molecule has 2 nitrogen and oxygen atoms in total. The van der Waals surface area contributed by atoms with Crippen molar-refractivity contribution in [3.8, 4) is 22.5 Å². The summed E-state index contributed by atoms with van der Waals surface area (Å²) in [6.07, 6.45) is 0. The summed E-state index contributed by atoms with van der Waals surface area (Å²) in [5.41, 5.74) is 9.54. The van der Waals surface area contributed by atoms with Crippen LogP contribution < -0.4 is 20.7 Å². The van der Waals surface area contributed by atoms with Crippen LogP contribution in [0.3, 0.4) is 0 Å². The molecule has 0 fully saturated rings. The minimum Gasteiger partial charge on any atom is -0.309 e. The van der Waals surface area contributed by atoms with E-state index in [9.17, 15) is 0 Å². The molecular formula is C54H38N2Si. The summed E-state index contributed by atoms with van der Waals surface area (Å²) in [6, 6.07) is 85.2. The maximum absolute atomic E-state index is 2.78. The number of aromatic nitrogens is 2. The third kappa shape index (κ3) is 5.17. The fourth-order valence-electron chi connectivity index (χ4n) is 9.43. The summed E-state index contributed by atoms with van der Waals surface area (Å²) in [7, 11) is -2.78. The summed E-state index contributed by atoms with van der Waals surface area (Å²) < 4.78 is 4.93. The minimum absolute atomic E-state index is 1.16. The first-order valence-electron chi connectivity index (χ1n) is 19.7. The lowest BCUT2D eigenvalue weighted by Crippen LogP contribution is -2.74. The Morgan fingerprint density at radius 1 is 0.281 bits per heavy atom. The zero-order valence-corrected chi connectivity index (χ0v) is 32.3. The summed E-state index contributed by atoms with van der Waals surface area (Å²) in [5, 5.41) is 10.5. The van der Waals surface area contributed by atoms with Crippen molar-refractivity contribution in [1.29, 1.82) is 0 Å². The van der Waals surface area contributed by atoms with Crippen LogP contribution >= 0.6 is 0 Å². The van der Waals surface area contributed by atoms with E-state index in [0.717, 1.165) is 5.69 Å². The van der Waals surface area contributed by atoms with Gasteiger partial charge in [0.15, 0.2) is 8.07 Å². The largest absolute Gasteiger partial charge is 0.309 e. The van der Waals surface area contributed by atoms with Crippen molar-refractivity contribution in [2.24, 2.45) is 0 Å². The molecular weight excluding hydrogens is 705 g/mol. The van der Waals surface area contributed by atoms with Crippen LogP contribution in [0, 0.1) is 0 Å². The van der Waals surface area contributed by atoms with E-state index in [0.29, 0.717) is 0 Å². The van der Waals surface area contributed by atoms with Crippen LogP contribution in [0.15, 0.2) is 231 Å². The monoisotopic (exact) mass is 742 g/mol. The van der Waals surface area contributed by atoms with Crippen molar-refractivity contribution in [3.63, 3.8) is 0 Å². The van der Waals surface area contributed by atoms with Gasteiger partial charge in [-0.15, -0.1) is 0 Å². The van der Waals surface area contributed by atoms with E-state index >= 15 is 0 Å². The number of hydrogen-bond donors (Lipinski definition) is 0. The average Bonchev–Trinajstić information content (AvgIpc) is 3.81. The zero-order valence-electron chi connectivity index (χ0n) is 31.3. The van der Waals surface area contributed by atoms with Crippen molar-refractivity contribution >= 4 is 72.4 Å². The molecule has 0 aliphatic carbocycles. The van der Waals surface area contributed by atoms with Gasteiger partial charge in [0.1, 0.15) is 0 Å². The van der Waals surface area contributed by atoms with E-state index < -0.39 is 8.07 Å². The maximum Gasteiger partial charge on any atom is 0.179 e. The summed E-state index contributed by atoms with van der Waals surface area (Å²) in [5.74, 6) is 0. The van der Waals surface area contributed by atoms with Crippen LogP contribution in [0.4, 0.5) is 0 Å². The Labute approximate surface area is 333 Å². The van der Waals surface area contributed by atoms with E-state index in [1.165, 1.54) is 81.2 Å². The molecule has 0 radical (unpaired) electrons. The topological polar surface area (TPSA) is 9.86 Å². The highest BCUT2D eigenvalue weighted by Crippen LogP contribution is 2.40. The second-order valence-electron chi connectivity index (χ2n) is 14.9. The molecule has 0 spiro atoms. The molecule has 0 atom stereocenters. The molecule has 0 saturated carbocycles. The van der Waals surface area contributed by atoms with Gasteiger partial charge >= 0.3 is 0 Å². The highest BCUT2D eigenvalue weighted by atomic mass is 28.3. The highest BCUT2D eigenvalue weighted by molar-refractivity contribution is 7.20. The summed E-state index contributed by atoms with van der Waals surface area (Å²) in [6.45, 7) is 0. The molecule has 3 heteroatoms. The van der Waals surface area contributed by atoms with E-state index in [4.69, 9.17) is 0 Å². The number of para-hydroxylation sites is 2. The molecule has 0 aliphatic heterocycles.